The Bertz CT molecular complexity index is 1460. The zero-order chi connectivity index (χ0) is 21.7. The molecule has 32 heavy (non-hydrogen) atoms. The maximum absolute atomic E-state index is 12.5. The van der Waals surface area contributed by atoms with Gasteiger partial charge in [0.1, 0.15) is 5.65 Å². The summed E-state index contributed by atoms with van der Waals surface area (Å²) in [5.41, 5.74) is 4.54. The molecule has 9 nitrogen and oxygen atoms in total. The lowest BCUT2D eigenvalue weighted by atomic mass is 10.2. The number of carbonyl (C=O) groups is 1. The molecule has 0 saturated heterocycles. The predicted molar refractivity (Wildman–Crippen MR) is 116 cm³/mol. The van der Waals surface area contributed by atoms with E-state index in [2.05, 4.69) is 37.7 Å². The number of rotatable bonds is 6. The fourth-order valence-corrected chi connectivity index (χ4v) is 3.94. The van der Waals surface area contributed by atoms with E-state index in [4.69, 9.17) is 16.1 Å². The van der Waals surface area contributed by atoms with Crippen LogP contribution in [-0.4, -0.2) is 34.8 Å². The molecule has 1 N–H and O–H groups in total. The second kappa shape index (κ2) is 7.45. The van der Waals surface area contributed by atoms with E-state index in [-0.39, 0.29) is 12.4 Å². The first-order valence-electron chi connectivity index (χ1n) is 10.3. The molecule has 0 bridgehead atoms. The van der Waals surface area contributed by atoms with E-state index >= 15 is 0 Å². The quantitative estimate of drug-likeness (QED) is 0.428. The van der Waals surface area contributed by atoms with E-state index in [1.807, 2.05) is 27.3 Å². The Morgan fingerprint density at radius 2 is 2.09 bits per heavy atom. The molecular formula is C22H18ClN7O2. The van der Waals surface area contributed by atoms with Crippen molar-refractivity contribution in [3.05, 3.63) is 82.9 Å². The SMILES string of the molecule is O=C(NCc1ncn2ccc(Cl)cc12)c1nc(Cc2cn3cc(C4CC4)ccc3n2)no1. The van der Waals surface area contributed by atoms with Gasteiger partial charge in [0.05, 0.1) is 36.2 Å². The van der Waals surface area contributed by atoms with Crippen LogP contribution in [0, 0.1) is 0 Å². The average molecular weight is 448 g/mol. The Hall–Kier alpha value is -3.72. The van der Waals surface area contributed by atoms with Gasteiger partial charge < -0.3 is 18.6 Å². The highest BCUT2D eigenvalue weighted by atomic mass is 35.5. The molecule has 1 aliphatic carbocycles. The molecule has 0 spiro atoms. The summed E-state index contributed by atoms with van der Waals surface area (Å²) in [6.45, 7) is 0.211. The van der Waals surface area contributed by atoms with Gasteiger partial charge in [-0.3, -0.25) is 4.79 Å². The van der Waals surface area contributed by atoms with Gasteiger partial charge in [-0.25, -0.2) is 9.97 Å². The van der Waals surface area contributed by atoms with Crippen molar-refractivity contribution in [3.63, 3.8) is 0 Å². The first-order chi connectivity index (χ1) is 15.6. The van der Waals surface area contributed by atoms with Gasteiger partial charge in [-0.05, 0) is 42.5 Å². The smallest absolute Gasteiger partial charge is 0.315 e. The Labute approximate surface area is 187 Å². The minimum Gasteiger partial charge on any atom is -0.342 e. The summed E-state index contributed by atoms with van der Waals surface area (Å²) in [5, 5.41) is 7.29. The van der Waals surface area contributed by atoms with Crippen molar-refractivity contribution in [2.45, 2.75) is 31.7 Å². The normalized spacial score (nSPS) is 13.8. The lowest BCUT2D eigenvalue weighted by Gasteiger charge is -2.01. The molecule has 160 valence electrons. The number of halogens is 1. The van der Waals surface area contributed by atoms with Crippen molar-refractivity contribution in [2.24, 2.45) is 0 Å². The van der Waals surface area contributed by atoms with Crippen LogP contribution in [0.5, 0.6) is 0 Å². The molecule has 1 saturated carbocycles. The average Bonchev–Trinajstić information content (AvgIpc) is 3.21. The summed E-state index contributed by atoms with van der Waals surface area (Å²) in [6, 6.07) is 7.73. The van der Waals surface area contributed by atoms with E-state index in [0.29, 0.717) is 28.9 Å². The zero-order valence-corrected chi connectivity index (χ0v) is 17.7. The molecule has 1 fully saturated rings. The van der Waals surface area contributed by atoms with Crippen molar-refractivity contribution >= 4 is 28.7 Å². The summed E-state index contributed by atoms with van der Waals surface area (Å²) >= 11 is 6.06. The predicted octanol–water partition coefficient (Wildman–Crippen LogP) is 3.42. The fourth-order valence-electron chi connectivity index (χ4n) is 3.78. The highest BCUT2D eigenvalue weighted by molar-refractivity contribution is 6.30. The number of imidazole rings is 2. The van der Waals surface area contributed by atoms with Crippen molar-refractivity contribution in [1.29, 1.82) is 0 Å². The van der Waals surface area contributed by atoms with Gasteiger partial charge >= 0.3 is 11.8 Å². The number of aromatic nitrogens is 6. The van der Waals surface area contributed by atoms with E-state index in [9.17, 15) is 4.79 Å². The number of fused-ring (bicyclic) bond motifs is 2. The summed E-state index contributed by atoms with van der Waals surface area (Å²) in [6.07, 6.45) is 10.5. The molecule has 1 aliphatic rings. The fraction of sp³-hybridized carbons (Fsp3) is 0.227. The summed E-state index contributed by atoms with van der Waals surface area (Å²) in [5.74, 6) is 0.526. The van der Waals surface area contributed by atoms with Crippen molar-refractivity contribution in [1.82, 2.24) is 34.2 Å². The monoisotopic (exact) mass is 447 g/mol. The zero-order valence-electron chi connectivity index (χ0n) is 16.9. The highest BCUT2D eigenvalue weighted by Crippen LogP contribution is 2.39. The Balaban J connectivity index is 1.13. The van der Waals surface area contributed by atoms with E-state index in [1.54, 1.807) is 18.5 Å². The second-order valence-corrected chi connectivity index (χ2v) is 8.37. The molecule has 5 heterocycles. The molecule has 0 unspecified atom stereocenters. The van der Waals surface area contributed by atoms with Crippen LogP contribution < -0.4 is 5.32 Å². The first-order valence-corrected chi connectivity index (χ1v) is 10.7. The highest BCUT2D eigenvalue weighted by Gasteiger charge is 2.24. The number of amides is 1. The maximum atomic E-state index is 12.5. The van der Waals surface area contributed by atoms with Gasteiger partial charge in [0.2, 0.25) is 0 Å². The molecule has 5 aromatic rings. The van der Waals surface area contributed by atoms with Crippen LogP contribution in [0.1, 0.15) is 52.2 Å². The third kappa shape index (κ3) is 3.60. The van der Waals surface area contributed by atoms with Crippen LogP contribution in [0.4, 0.5) is 0 Å². The van der Waals surface area contributed by atoms with Crippen LogP contribution in [-0.2, 0) is 13.0 Å². The number of hydrogen-bond donors (Lipinski definition) is 1. The third-order valence-electron chi connectivity index (χ3n) is 5.57. The van der Waals surface area contributed by atoms with Crippen LogP contribution >= 0.6 is 11.6 Å². The van der Waals surface area contributed by atoms with Gasteiger partial charge in [-0.1, -0.05) is 22.8 Å². The molecule has 10 heteroatoms. The Morgan fingerprint density at radius 3 is 2.97 bits per heavy atom. The van der Waals surface area contributed by atoms with E-state index in [0.717, 1.165) is 16.9 Å². The number of hydrogen-bond acceptors (Lipinski definition) is 6. The molecular weight excluding hydrogens is 430 g/mol. The number of nitrogens with one attached hydrogen (secondary N) is 1. The Kier molecular flexibility index (Phi) is 4.43. The largest absolute Gasteiger partial charge is 0.342 e. The number of nitrogens with zero attached hydrogens (tertiary/aromatic N) is 6. The summed E-state index contributed by atoms with van der Waals surface area (Å²) in [7, 11) is 0. The van der Waals surface area contributed by atoms with Crippen molar-refractivity contribution < 1.29 is 9.32 Å². The van der Waals surface area contributed by atoms with Crippen LogP contribution in [0.25, 0.3) is 11.2 Å². The van der Waals surface area contributed by atoms with Crippen LogP contribution in [0.3, 0.4) is 0 Å². The summed E-state index contributed by atoms with van der Waals surface area (Å²) < 4.78 is 9.01. The lowest BCUT2D eigenvalue weighted by molar-refractivity contribution is 0.0906. The van der Waals surface area contributed by atoms with Crippen molar-refractivity contribution in [3.8, 4) is 0 Å². The van der Waals surface area contributed by atoms with Gasteiger partial charge in [0.25, 0.3) is 0 Å². The Morgan fingerprint density at radius 1 is 1.19 bits per heavy atom. The molecule has 0 atom stereocenters. The third-order valence-corrected chi connectivity index (χ3v) is 5.81. The molecule has 0 aliphatic heterocycles. The molecule has 0 aromatic carbocycles. The van der Waals surface area contributed by atoms with E-state index < -0.39 is 5.91 Å². The van der Waals surface area contributed by atoms with Crippen LogP contribution in [0.2, 0.25) is 5.02 Å². The minimum atomic E-state index is -0.462. The van der Waals surface area contributed by atoms with Gasteiger partial charge in [0.15, 0.2) is 5.82 Å². The summed E-state index contributed by atoms with van der Waals surface area (Å²) in [4.78, 5) is 25.6. The number of carbonyl (C=O) groups excluding carboxylic acids is 1. The second-order valence-electron chi connectivity index (χ2n) is 7.94. The molecule has 6 rings (SSSR count). The molecule has 1 amide bonds. The van der Waals surface area contributed by atoms with Gasteiger partial charge in [0, 0.05) is 23.6 Å². The van der Waals surface area contributed by atoms with Gasteiger partial charge in [-0.2, -0.15) is 4.98 Å². The van der Waals surface area contributed by atoms with E-state index in [1.165, 1.54) is 18.4 Å². The van der Waals surface area contributed by atoms with Crippen molar-refractivity contribution in [2.75, 3.05) is 0 Å². The lowest BCUT2D eigenvalue weighted by Crippen LogP contribution is -2.23. The topological polar surface area (TPSA) is 103 Å². The maximum Gasteiger partial charge on any atom is 0.315 e. The molecule has 5 aromatic heterocycles. The van der Waals surface area contributed by atoms with Crippen LogP contribution in [0.15, 0.2) is 53.7 Å². The number of pyridine rings is 2. The first kappa shape index (κ1) is 19.0. The molecule has 0 radical (unpaired) electrons. The standard InChI is InChI=1S/C22H18ClN7O2/c23-15-5-6-29-12-25-17(18(29)7-15)9-24-21(31)22-27-19(28-32-22)8-16-11-30-10-14(13-1-2-13)3-4-20(30)26-16/h3-7,10-13H,1-2,8-9H2,(H,24,31). The van der Waals surface area contributed by atoms with Gasteiger partial charge in [-0.15, -0.1) is 0 Å². The minimum absolute atomic E-state index is 0.0960.